The van der Waals surface area contributed by atoms with Gasteiger partial charge in [-0.1, -0.05) is 0 Å². The van der Waals surface area contributed by atoms with Gasteiger partial charge in [0.15, 0.2) is 0 Å². The van der Waals surface area contributed by atoms with Crippen LogP contribution in [0.2, 0.25) is 0 Å². The van der Waals surface area contributed by atoms with Crippen molar-refractivity contribution in [3.8, 4) is 5.75 Å². The molecule has 0 atom stereocenters. The molecule has 0 saturated heterocycles. The molecule has 0 fully saturated rings. The number of nitrogens with zero attached hydrogens (tertiary/aromatic N) is 3. The highest BCUT2D eigenvalue weighted by Crippen LogP contribution is 2.30. The number of rotatable bonds is 3. The fourth-order valence-corrected chi connectivity index (χ4v) is 0.995. The van der Waals surface area contributed by atoms with Gasteiger partial charge in [0.1, 0.15) is 5.82 Å². The number of nitrogens with two attached hydrogens (primary N) is 2. The zero-order valence-corrected chi connectivity index (χ0v) is 8.37. The largest absolute Gasteiger partial charge is 0.502 e. The molecule has 90 valence electrons. The Morgan fingerprint density at radius 2 is 2.18 bits per heavy atom. The standard InChI is InChI=1S/C8H8FN5O3/c9-5-1-2-6(14(16)17)7(15)4(5)3-12-13-8(10)11/h1-3,15H,(H4,10,11,13). The van der Waals surface area contributed by atoms with Crippen LogP contribution in [0, 0.1) is 15.9 Å². The molecule has 0 aromatic heterocycles. The quantitative estimate of drug-likeness (QED) is 0.296. The van der Waals surface area contributed by atoms with Crippen LogP contribution in [0.1, 0.15) is 5.56 Å². The van der Waals surface area contributed by atoms with E-state index in [1.807, 2.05) is 0 Å². The van der Waals surface area contributed by atoms with Crippen LogP contribution >= 0.6 is 0 Å². The summed E-state index contributed by atoms with van der Waals surface area (Å²) in [6.07, 6.45) is 0.775. The van der Waals surface area contributed by atoms with Crippen molar-refractivity contribution in [2.45, 2.75) is 0 Å². The van der Waals surface area contributed by atoms with E-state index < -0.39 is 27.7 Å². The summed E-state index contributed by atoms with van der Waals surface area (Å²) in [5.41, 5.74) is 8.81. The average Bonchev–Trinajstić information content (AvgIpc) is 2.21. The van der Waals surface area contributed by atoms with E-state index in [1.165, 1.54) is 0 Å². The lowest BCUT2D eigenvalue weighted by Crippen LogP contribution is -2.21. The van der Waals surface area contributed by atoms with Crippen LogP contribution in [0.15, 0.2) is 22.3 Å². The van der Waals surface area contributed by atoms with Gasteiger partial charge in [-0.2, -0.15) is 5.10 Å². The Kier molecular flexibility index (Phi) is 3.55. The van der Waals surface area contributed by atoms with E-state index in [-0.39, 0.29) is 5.96 Å². The zero-order chi connectivity index (χ0) is 13.0. The second-order valence-corrected chi connectivity index (χ2v) is 2.86. The molecule has 1 aromatic carbocycles. The fraction of sp³-hybridized carbons (Fsp3) is 0. The summed E-state index contributed by atoms with van der Waals surface area (Å²) in [5.74, 6) is -2.10. The Bertz CT molecular complexity index is 510. The molecule has 0 amide bonds. The molecule has 9 heteroatoms. The van der Waals surface area contributed by atoms with Gasteiger partial charge in [0, 0.05) is 6.07 Å². The van der Waals surface area contributed by atoms with Crippen LogP contribution in [0.5, 0.6) is 5.75 Å². The number of phenols is 1. The molecule has 0 spiro atoms. The summed E-state index contributed by atoms with van der Waals surface area (Å²) in [6, 6.07) is 1.66. The first kappa shape index (κ1) is 12.4. The van der Waals surface area contributed by atoms with Crippen molar-refractivity contribution in [3.05, 3.63) is 33.6 Å². The third kappa shape index (κ3) is 2.87. The van der Waals surface area contributed by atoms with E-state index in [4.69, 9.17) is 11.5 Å². The molecule has 0 bridgehead atoms. The number of benzene rings is 1. The topological polar surface area (TPSA) is 140 Å². The molecule has 17 heavy (non-hydrogen) atoms. The summed E-state index contributed by atoms with van der Waals surface area (Å²) in [6.45, 7) is 0. The number of guanidine groups is 1. The monoisotopic (exact) mass is 241 g/mol. The third-order valence-corrected chi connectivity index (χ3v) is 1.70. The highest BCUT2D eigenvalue weighted by Gasteiger charge is 2.19. The van der Waals surface area contributed by atoms with Gasteiger partial charge in [-0.15, -0.1) is 5.10 Å². The molecule has 1 aromatic rings. The van der Waals surface area contributed by atoms with E-state index in [9.17, 15) is 19.6 Å². The summed E-state index contributed by atoms with van der Waals surface area (Å²) < 4.78 is 13.2. The minimum absolute atomic E-state index is 0.369. The van der Waals surface area contributed by atoms with Crippen molar-refractivity contribution in [3.63, 3.8) is 0 Å². The first-order valence-electron chi connectivity index (χ1n) is 4.21. The van der Waals surface area contributed by atoms with Gasteiger partial charge in [0.2, 0.25) is 11.7 Å². The molecule has 1 rings (SSSR count). The van der Waals surface area contributed by atoms with Crippen LogP contribution in [0.25, 0.3) is 0 Å². The lowest BCUT2D eigenvalue weighted by atomic mass is 10.2. The lowest BCUT2D eigenvalue weighted by Gasteiger charge is -2.00. The molecule has 0 radical (unpaired) electrons. The first-order valence-corrected chi connectivity index (χ1v) is 4.21. The third-order valence-electron chi connectivity index (χ3n) is 1.70. The van der Waals surface area contributed by atoms with Crippen molar-refractivity contribution < 1.29 is 14.4 Å². The van der Waals surface area contributed by atoms with Crippen LogP contribution in [0.4, 0.5) is 10.1 Å². The summed E-state index contributed by atoms with van der Waals surface area (Å²) >= 11 is 0. The first-order chi connectivity index (χ1) is 7.93. The van der Waals surface area contributed by atoms with Crippen molar-refractivity contribution in [1.82, 2.24) is 0 Å². The number of phenolic OH excluding ortho intramolecular Hbond substituents is 1. The van der Waals surface area contributed by atoms with Crippen LogP contribution in [0.3, 0.4) is 0 Å². The molecule has 8 nitrogen and oxygen atoms in total. The minimum atomic E-state index is -0.886. The maximum Gasteiger partial charge on any atom is 0.311 e. The molecular formula is C8H8FN5O3. The molecule has 0 aliphatic rings. The van der Waals surface area contributed by atoms with Gasteiger partial charge in [-0.05, 0) is 6.07 Å². The lowest BCUT2D eigenvalue weighted by molar-refractivity contribution is -0.385. The van der Waals surface area contributed by atoms with Crippen LogP contribution < -0.4 is 11.5 Å². The maximum atomic E-state index is 13.2. The molecule has 0 unspecified atom stereocenters. The van der Waals surface area contributed by atoms with E-state index in [2.05, 4.69) is 10.2 Å². The molecule has 0 saturated carbocycles. The predicted molar refractivity (Wildman–Crippen MR) is 58.1 cm³/mol. The van der Waals surface area contributed by atoms with E-state index in [1.54, 1.807) is 0 Å². The van der Waals surface area contributed by atoms with E-state index >= 15 is 0 Å². The van der Waals surface area contributed by atoms with E-state index in [0.717, 1.165) is 18.3 Å². The van der Waals surface area contributed by atoms with Gasteiger partial charge >= 0.3 is 5.69 Å². The predicted octanol–water partition coefficient (Wildman–Crippen LogP) is 0.0468. The van der Waals surface area contributed by atoms with Crippen LogP contribution in [-0.2, 0) is 0 Å². The van der Waals surface area contributed by atoms with E-state index in [0.29, 0.717) is 0 Å². The molecule has 5 N–H and O–H groups in total. The number of nitro benzene ring substituents is 1. The summed E-state index contributed by atoms with van der Waals surface area (Å²) in [5, 5.41) is 26.3. The molecular weight excluding hydrogens is 233 g/mol. The smallest absolute Gasteiger partial charge is 0.311 e. The van der Waals surface area contributed by atoms with Gasteiger partial charge in [0.25, 0.3) is 0 Å². The van der Waals surface area contributed by atoms with Crippen molar-refractivity contribution in [2.75, 3.05) is 0 Å². The molecule has 0 heterocycles. The Morgan fingerprint density at radius 3 is 2.71 bits per heavy atom. The normalized spacial score (nSPS) is 10.4. The number of aromatic hydroxyl groups is 1. The zero-order valence-electron chi connectivity index (χ0n) is 8.37. The Labute approximate surface area is 94.2 Å². The maximum absolute atomic E-state index is 13.2. The van der Waals surface area contributed by atoms with Gasteiger partial charge in [0.05, 0.1) is 16.7 Å². The highest BCUT2D eigenvalue weighted by molar-refractivity contribution is 5.86. The van der Waals surface area contributed by atoms with Crippen LogP contribution in [-0.4, -0.2) is 22.2 Å². The Balaban J connectivity index is 3.23. The number of hydrogen-bond acceptors (Lipinski definition) is 5. The molecule has 0 aliphatic carbocycles. The van der Waals surface area contributed by atoms with Gasteiger partial charge < -0.3 is 16.6 Å². The van der Waals surface area contributed by atoms with Gasteiger partial charge in [-0.3, -0.25) is 10.1 Å². The van der Waals surface area contributed by atoms with Gasteiger partial charge in [-0.25, -0.2) is 4.39 Å². The number of halogens is 1. The highest BCUT2D eigenvalue weighted by atomic mass is 19.1. The second-order valence-electron chi connectivity index (χ2n) is 2.86. The summed E-state index contributed by atoms with van der Waals surface area (Å²) in [4.78, 5) is 9.62. The average molecular weight is 241 g/mol. The number of hydrogen-bond donors (Lipinski definition) is 3. The minimum Gasteiger partial charge on any atom is -0.502 e. The van der Waals surface area contributed by atoms with Crippen molar-refractivity contribution in [2.24, 2.45) is 21.7 Å². The van der Waals surface area contributed by atoms with Crippen molar-refractivity contribution >= 4 is 17.9 Å². The van der Waals surface area contributed by atoms with Crippen molar-refractivity contribution in [1.29, 1.82) is 0 Å². The molecule has 0 aliphatic heterocycles. The Morgan fingerprint density at radius 1 is 1.53 bits per heavy atom. The Hall–Kier alpha value is -2.71. The fourth-order valence-electron chi connectivity index (χ4n) is 0.995. The second kappa shape index (κ2) is 4.88. The number of nitro groups is 1. The summed E-state index contributed by atoms with van der Waals surface area (Å²) in [7, 11) is 0. The SMILES string of the molecule is NC(N)=NN=Cc1c(F)ccc([N+](=O)[O-])c1O.